The van der Waals surface area contributed by atoms with E-state index in [1.54, 1.807) is 11.8 Å². The van der Waals surface area contributed by atoms with Crippen LogP contribution >= 0.6 is 11.8 Å². The average Bonchev–Trinajstić information content (AvgIpc) is 2.81. The topological polar surface area (TPSA) is 49.3 Å². The van der Waals surface area contributed by atoms with Crippen LogP contribution in [-0.4, -0.2) is 58.2 Å². The molecule has 0 bridgehead atoms. The molecule has 1 atom stereocenters. The molecule has 2 heterocycles. The number of hydrogen-bond acceptors (Lipinski definition) is 5. The summed E-state index contributed by atoms with van der Waals surface area (Å²) in [5, 5.41) is 8.46. The normalized spacial score (nSPS) is 17.0. The molecule has 1 fully saturated rings. The Hall–Kier alpha value is -1.30. The van der Waals surface area contributed by atoms with Gasteiger partial charge in [-0.05, 0) is 44.6 Å². The van der Waals surface area contributed by atoms with Gasteiger partial charge in [0.2, 0.25) is 5.91 Å². The lowest BCUT2D eigenvalue weighted by atomic mass is 10.3. The second kappa shape index (κ2) is 9.11. The fourth-order valence-electron chi connectivity index (χ4n) is 2.66. The van der Waals surface area contributed by atoms with Gasteiger partial charge in [-0.2, -0.15) is 5.10 Å². The van der Waals surface area contributed by atoms with E-state index in [1.807, 2.05) is 30.9 Å². The largest absolute Gasteiger partial charge is 0.353 e. The first-order chi connectivity index (χ1) is 11.1. The van der Waals surface area contributed by atoms with E-state index in [1.165, 1.54) is 12.8 Å². The molecule has 1 aromatic heterocycles. The first-order valence-corrected chi connectivity index (χ1v) is 9.62. The van der Waals surface area contributed by atoms with E-state index in [2.05, 4.69) is 22.0 Å². The molecule has 128 valence electrons. The van der Waals surface area contributed by atoms with E-state index < -0.39 is 0 Å². The predicted molar refractivity (Wildman–Crippen MR) is 97.0 cm³/mol. The number of unbranched alkanes of at least 4 members (excludes halogenated alkanes) is 1. The fraction of sp³-hybridized carbons (Fsp3) is 0.706. The molecule has 1 aliphatic rings. The van der Waals surface area contributed by atoms with E-state index in [0.29, 0.717) is 0 Å². The van der Waals surface area contributed by atoms with Gasteiger partial charge in [-0.15, -0.1) is 16.9 Å². The molecule has 6 heteroatoms. The average molecular weight is 337 g/mol. The Bertz CT molecular complexity index is 494. The third-order valence-electron chi connectivity index (χ3n) is 4.13. The van der Waals surface area contributed by atoms with Gasteiger partial charge in [0.1, 0.15) is 0 Å². The quantitative estimate of drug-likeness (QED) is 0.748. The van der Waals surface area contributed by atoms with Crippen LogP contribution in [0, 0.1) is 6.92 Å². The first kappa shape index (κ1) is 18.0. The van der Waals surface area contributed by atoms with Crippen molar-refractivity contribution in [2.24, 2.45) is 0 Å². The fourth-order valence-corrected chi connectivity index (χ4v) is 3.76. The summed E-state index contributed by atoms with van der Waals surface area (Å²) in [6.07, 6.45) is 3.35. The monoisotopic (exact) mass is 336 g/mol. The highest BCUT2D eigenvalue weighted by Crippen LogP contribution is 2.18. The maximum atomic E-state index is 12.6. The number of thioether (sulfide) groups is 1. The van der Waals surface area contributed by atoms with Crippen molar-refractivity contribution in [2.45, 2.75) is 45.3 Å². The maximum absolute atomic E-state index is 12.6. The van der Waals surface area contributed by atoms with Crippen LogP contribution in [0.2, 0.25) is 0 Å². The van der Waals surface area contributed by atoms with Crippen molar-refractivity contribution in [3.8, 4) is 0 Å². The Morgan fingerprint density at radius 2 is 2.09 bits per heavy atom. The van der Waals surface area contributed by atoms with Crippen molar-refractivity contribution < 1.29 is 4.79 Å². The van der Waals surface area contributed by atoms with E-state index in [-0.39, 0.29) is 11.2 Å². The second-order valence-electron chi connectivity index (χ2n) is 6.07. The summed E-state index contributed by atoms with van der Waals surface area (Å²) >= 11 is 1.78. The Kier molecular flexibility index (Phi) is 7.15. The number of carbonyl (C=O) groups is 1. The van der Waals surface area contributed by atoms with Crippen molar-refractivity contribution in [3.05, 3.63) is 17.8 Å². The molecule has 0 aromatic carbocycles. The predicted octanol–water partition coefficient (Wildman–Crippen LogP) is 2.75. The van der Waals surface area contributed by atoms with Crippen LogP contribution < -0.4 is 4.90 Å². The summed E-state index contributed by atoms with van der Waals surface area (Å²) in [6.45, 7) is 9.54. The molecule has 0 N–H and O–H groups in total. The zero-order chi connectivity index (χ0) is 16.7. The van der Waals surface area contributed by atoms with Gasteiger partial charge in [0, 0.05) is 26.2 Å². The first-order valence-electron chi connectivity index (χ1n) is 8.57. The molecule has 23 heavy (non-hydrogen) atoms. The second-order valence-corrected chi connectivity index (χ2v) is 7.51. The van der Waals surface area contributed by atoms with Crippen LogP contribution in [0.4, 0.5) is 5.82 Å². The Labute approximate surface area is 143 Å². The summed E-state index contributed by atoms with van der Waals surface area (Å²) in [5.74, 6) is 2.26. The number of carbonyl (C=O) groups excluding carboxylic acids is 1. The Balaban J connectivity index is 1.87. The molecular weight excluding hydrogens is 308 g/mol. The molecule has 0 unspecified atom stereocenters. The van der Waals surface area contributed by atoms with Gasteiger partial charge in [-0.1, -0.05) is 13.3 Å². The summed E-state index contributed by atoms with van der Waals surface area (Å²) in [6, 6.07) is 4.01. The zero-order valence-corrected chi connectivity index (χ0v) is 15.3. The Morgan fingerprint density at radius 3 is 2.78 bits per heavy atom. The molecule has 0 aliphatic carbocycles. The number of aromatic nitrogens is 2. The lowest BCUT2D eigenvalue weighted by Crippen LogP contribution is -2.39. The minimum absolute atomic E-state index is 0.0623. The summed E-state index contributed by atoms with van der Waals surface area (Å²) in [4.78, 5) is 16.8. The van der Waals surface area contributed by atoms with Gasteiger partial charge in [0.15, 0.2) is 5.82 Å². The highest BCUT2D eigenvalue weighted by molar-refractivity contribution is 8.00. The summed E-state index contributed by atoms with van der Waals surface area (Å²) in [7, 11) is 0. The third-order valence-corrected chi connectivity index (χ3v) is 5.35. The standard InChI is InChI=1S/C17H28N4OS/c1-4-5-13-23-15(3)17(22)21-10-6-9-20(11-12-21)16-8-7-14(2)18-19-16/h7-8,15H,4-6,9-13H2,1-3H3/t15-/m1/s1. The number of rotatable bonds is 6. The molecule has 5 nitrogen and oxygen atoms in total. The van der Waals surface area contributed by atoms with Gasteiger partial charge in [0.05, 0.1) is 10.9 Å². The highest BCUT2D eigenvalue weighted by atomic mass is 32.2. The van der Waals surface area contributed by atoms with Crippen LogP contribution in [0.25, 0.3) is 0 Å². The molecule has 1 amide bonds. The smallest absolute Gasteiger partial charge is 0.235 e. The molecule has 1 saturated heterocycles. The number of amides is 1. The number of nitrogens with zero attached hydrogens (tertiary/aromatic N) is 4. The van der Waals surface area contributed by atoms with Crippen molar-refractivity contribution >= 4 is 23.5 Å². The van der Waals surface area contributed by atoms with E-state index in [4.69, 9.17) is 0 Å². The van der Waals surface area contributed by atoms with Gasteiger partial charge in [0.25, 0.3) is 0 Å². The van der Waals surface area contributed by atoms with Crippen LogP contribution in [0.15, 0.2) is 12.1 Å². The van der Waals surface area contributed by atoms with Gasteiger partial charge in [-0.25, -0.2) is 0 Å². The number of hydrogen-bond donors (Lipinski definition) is 0. The lowest BCUT2D eigenvalue weighted by molar-refractivity contribution is -0.130. The molecule has 0 radical (unpaired) electrons. The summed E-state index contributed by atoms with van der Waals surface area (Å²) in [5.41, 5.74) is 0.929. The minimum Gasteiger partial charge on any atom is -0.353 e. The minimum atomic E-state index is 0.0623. The highest BCUT2D eigenvalue weighted by Gasteiger charge is 2.24. The molecule has 2 rings (SSSR count). The van der Waals surface area contributed by atoms with Gasteiger partial charge < -0.3 is 9.80 Å². The van der Waals surface area contributed by atoms with Crippen LogP contribution in [0.5, 0.6) is 0 Å². The molecule has 0 saturated carbocycles. The lowest BCUT2D eigenvalue weighted by Gasteiger charge is -2.24. The van der Waals surface area contributed by atoms with Gasteiger partial charge in [-0.3, -0.25) is 4.79 Å². The molecular formula is C17H28N4OS. The van der Waals surface area contributed by atoms with E-state index in [9.17, 15) is 4.79 Å². The van der Waals surface area contributed by atoms with Crippen LogP contribution in [0.3, 0.4) is 0 Å². The zero-order valence-electron chi connectivity index (χ0n) is 14.5. The SMILES string of the molecule is CCCCS[C@H](C)C(=O)N1CCCN(c2ccc(C)nn2)CC1. The van der Waals surface area contributed by atoms with Crippen molar-refractivity contribution in [1.82, 2.24) is 15.1 Å². The molecule has 1 aromatic rings. The van der Waals surface area contributed by atoms with Gasteiger partial charge >= 0.3 is 0 Å². The van der Waals surface area contributed by atoms with Crippen molar-refractivity contribution in [1.29, 1.82) is 0 Å². The number of anilines is 1. The third kappa shape index (κ3) is 5.37. The van der Waals surface area contributed by atoms with E-state index >= 15 is 0 Å². The number of aryl methyl sites for hydroxylation is 1. The molecule has 0 spiro atoms. The summed E-state index contributed by atoms with van der Waals surface area (Å²) < 4.78 is 0. The molecule has 1 aliphatic heterocycles. The maximum Gasteiger partial charge on any atom is 0.235 e. The Morgan fingerprint density at radius 1 is 1.26 bits per heavy atom. The van der Waals surface area contributed by atoms with Crippen molar-refractivity contribution in [3.63, 3.8) is 0 Å². The van der Waals surface area contributed by atoms with E-state index in [0.717, 1.165) is 49.9 Å². The van der Waals surface area contributed by atoms with Crippen LogP contribution in [0.1, 0.15) is 38.8 Å². The van der Waals surface area contributed by atoms with Crippen molar-refractivity contribution in [2.75, 3.05) is 36.8 Å². The van der Waals surface area contributed by atoms with Crippen LogP contribution in [-0.2, 0) is 4.79 Å².